The zero-order valence-corrected chi connectivity index (χ0v) is 14.3. The topological polar surface area (TPSA) is 0 Å². The Morgan fingerprint density at radius 3 is 1.71 bits per heavy atom. The summed E-state index contributed by atoms with van der Waals surface area (Å²) in [4.78, 5) is 0. The van der Waals surface area contributed by atoms with Gasteiger partial charge in [-0.2, -0.15) is 0 Å². The van der Waals surface area contributed by atoms with Gasteiger partial charge in [-0.15, -0.1) is 0 Å². The molecule has 1 nitrogen and oxygen atoms in total. The largest absolute Gasteiger partial charge is 1.00 e. The second kappa shape index (κ2) is 13.2. The van der Waals surface area contributed by atoms with E-state index in [1.54, 1.807) is 0 Å². The van der Waals surface area contributed by atoms with Crippen molar-refractivity contribution < 1.29 is 16.9 Å². The van der Waals surface area contributed by atoms with Gasteiger partial charge in [0.25, 0.3) is 0 Å². The molecule has 0 heterocycles. The maximum absolute atomic E-state index is 3.60. The minimum Gasteiger partial charge on any atom is -1.00 e. The van der Waals surface area contributed by atoms with Crippen LogP contribution in [-0.4, -0.2) is 36.5 Å². The van der Waals surface area contributed by atoms with Crippen molar-refractivity contribution in [2.45, 2.75) is 58.8 Å². The Labute approximate surface area is 123 Å². The fraction of sp³-hybridized carbons (Fsp3) is 1.00. The van der Waals surface area contributed by atoms with Gasteiger partial charge in [-0.1, -0.05) is 49.0 Å². The Bertz CT molecular complexity index is 155. The van der Waals surface area contributed by atoms with Crippen LogP contribution in [0.1, 0.15) is 58.8 Å². The second-order valence-corrected chi connectivity index (χ2v) is 6.04. The summed E-state index contributed by atoms with van der Waals surface area (Å²) in [5.41, 5.74) is 0. The smallest absolute Gasteiger partial charge is 0.0883 e. The van der Waals surface area contributed by atoms with Crippen LogP contribution in [0.3, 0.4) is 0 Å². The molecule has 3 heteroatoms. The first-order valence-corrected chi connectivity index (χ1v) is 8.20. The first kappa shape index (κ1) is 20.1. The Kier molecular flexibility index (Phi) is 15.5. The molecule has 17 heavy (non-hydrogen) atoms. The molecule has 0 saturated heterocycles. The van der Waals surface area contributed by atoms with E-state index in [0.717, 1.165) is 5.33 Å². The predicted octanol–water partition coefficient (Wildman–Crippen LogP) is 1.60. The number of quaternary nitrogens is 1. The van der Waals surface area contributed by atoms with Crippen LogP contribution in [0.25, 0.3) is 0 Å². The summed E-state index contributed by atoms with van der Waals surface area (Å²) in [6.45, 7) is 8.60. The van der Waals surface area contributed by atoms with E-state index in [2.05, 4.69) is 36.8 Å². The summed E-state index contributed by atoms with van der Waals surface area (Å²) in [5, 5.41) is 1.14. The van der Waals surface area contributed by atoms with Gasteiger partial charge < -0.3 is 16.9 Å². The molecule has 0 aliphatic rings. The van der Waals surface area contributed by atoms with Crippen molar-refractivity contribution >= 4 is 15.9 Å². The third-order valence-electron chi connectivity index (χ3n) is 3.48. The van der Waals surface area contributed by atoms with E-state index in [1.165, 1.54) is 69.1 Å². The van der Waals surface area contributed by atoms with Gasteiger partial charge in [0.1, 0.15) is 0 Å². The Hall–Kier alpha value is 0.730. The molecule has 0 bridgehead atoms. The molecule has 0 aliphatic heterocycles. The molecule has 0 N–H and O–H groups in total. The van der Waals surface area contributed by atoms with E-state index < -0.39 is 0 Å². The summed E-state index contributed by atoms with van der Waals surface area (Å²) < 4.78 is 1.27. The average molecular weight is 329 g/mol. The highest BCUT2D eigenvalue weighted by Gasteiger charge is 2.19. The molecule has 0 aliphatic carbocycles. The van der Waals surface area contributed by atoms with Crippen LogP contribution in [0.15, 0.2) is 0 Å². The predicted molar refractivity (Wildman–Crippen MR) is 78.2 cm³/mol. The first-order valence-electron chi connectivity index (χ1n) is 7.08. The lowest BCUT2D eigenvalue weighted by Gasteiger charge is -2.34. The zero-order valence-electron chi connectivity index (χ0n) is 12.0. The van der Waals surface area contributed by atoms with Crippen LogP contribution in [0.5, 0.6) is 0 Å². The maximum atomic E-state index is 3.60. The third kappa shape index (κ3) is 11.5. The third-order valence-corrected chi connectivity index (χ3v) is 3.83. The summed E-state index contributed by atoms with van der Waals surface area (Å²) >= 11 is 3.60. The number of unbranched alkanes of at least 4 members (excludes halogenated alkanes) is 5. The summed E-state index contributed by atoms with van der Waals surface area (Å²) in [7, 11) is 2.43. The molecule has 1 atom stereocenters. The molecule has 0 aromatic heterocycles. The minimum absolute atomic E-state index is 0. The van der Waals surface area contributed by atoms with Crippen LogP contribution < -0.4 is 12.4 Å². The fourth-order valence-electron chi connectivity index (χ4n) is 2.20. The van der Waals surface area contributed by atoms with Crippen molar-refractivity contribution in [3.8, 4) is 0 Å². The highest BCUT2D eigenvalue weighted by molar-refractivity contribution is 9.09. The molecule has 1 unspecified atom stereocenters. The van der Waals surface area contributed by atoms with Crippen LogP contribution in [0.2, 0.25) is 0 Å². The quantitative estimate of drug-likeness (QED) is 0.307. The lowest BCUT2D eigenvalue weighted by atomic mass is 10.1. The Morgan fingerprint density at radius 2 is 1.24 bits per heavy atom. The molecule has 0 amide bonds. The van der Waals surface area contributed by atoms with Crippen LogP contribution in [0, 0.1) is 0 Å². The van der Waals surface area contributed by atoms with Gasteiger partial charge in [0.05, 0.1) is 32.0 Å². The van der Waals surface area contributed by atoms with Crippen LogP contribution in [-0.2, 0) is 0 Å². The molecule has 0 radical (unpaired) electrons. The lowest BCUT2D eigenvalue weighted by Crippen LogP contribution is -3.00. The molecule has 0 aromatic carbocycles. The van der Waals surface area contributed by atoms with E-state index in [4.69, 9.17) is 0 Å². The Balaban J connectivity index is 0. The lowest BCUT2D eigenvalue weighted by molar-refractivity contribution is -0.907. The van der Waals surface area contributed by atoms with Crippen molar-refractivity contribution in [2.24, 2.45) is 0 Å². The maximum Gasteiger partial charge on any atom is 0.0883 e. The first-order chi connectivity index (χ1) is 7.68. The van der Waals surface area contributed by atoms with E-state index in [1.807, 2.05) is 0 Å². The number of nitrogens with zero attached hydrogens (tertiary/aromatic N) is 1. The van der Waals surface area contributed by atoms with Gasteiger partial charge in [-0.3, -0.25) is 0 Å². The molecule has 106 valence electrons. The highest BCUT2D eigenvalue weighted by Crippen LogP contribution is 2.11. The molecular weight excluding hydrogens is 298 g/mol. The number of halogens is 2. The number of rotatable bonds is 11. The molecule has 0 rings (SSSR count). The summed E-state index contributed by atoms with van der Waals surface area (Å²) in [6.07, 6.45) is 9.70. The van der Waals surface area contributed by atoms with E-state index in [9.17, 15) is 0 Å². The molecule has 0 aromatic rings. The molecular formula is C14H31BrClN. The standard InChI is InChI=1S/C14H31BrN.ClH/c1-4-6-8-10-13-16(3,14-11-15)12-9-7-5-2;/h4-14H2,1-3H3;1H/q+1;/p-1. The van der Waals surface area contributed by atoms with Gasteiger partial charge in [-0.25, -0.2) is 0 Å². The fourth-order valence-corrected chi connectivity index (χ4v) is 3.06. The van der Waals surface area contributed by atoms with Gasteiger partial charge in [0.2, 0.25) is 0 Å². The summed E-state index contributed by atoms with van der Waals surface area (Å²) in [6, 6.07) is 0. The van der Waals surface area contributed by atoms with Gasteiger partial charge in [0, 0.05) is 0 Å². The SMILES string of the molecule is CCCCCC[N+](C)(CCBr)CCCCC.[Cl-]. The molecule has 0 saturated carbocycles. The molecule has 0 spiro atoms. The highest BCUT2D eigenvalue weighted by atomic mass is 79.9. The van der Waals surface area contributed by atoms with Crippen LogP contribution >= 0.6 is 15.9 Å². The van der Waals surface area contributed by atoms with E-state index in [-0.39, 0.29) is 12.4 Å². The van der Waals surface area contributed by atoms with Gasteiger partial charge >= 0.3 is 0 Å². The van der Waals surface area contributed by atoms with Gasteiger partial charge in [-0.05, 0) is 25.7 Å². The molecule has 0 fully saturated rings. The Morgan fingerprint density at radius 1 is 0.765 bits per heavy atom. The van der Waals surface area contributed by atoms with Crippen molar-refractivity contribution in [3.05, 3.63) is 0 Å². The average Bonchev–Trinajstić information content (AvgIpc) is 2.25. The van der Waals surface area contributed by atoms with E-state index in [0.29, 0.717) is 0 Å². The van der Waals surface area contributed by atoms with Crippen molar-refractivity contribution in [2.75, 3.05) is 32.0 Å². The van der Waals surface area contributed by atoms with E-state index >= 15 is 0 Å². The summed E-state index contributed by atoms with van der Waals surface area (Å²) in [5.74, 6) is 0. The zero-order chi connectivity index (χ0) is 12.3. The normalized spacial score (nSPS) is 14.1. The van der Waals surface area contributed by atoms with Crippen molar-refractivity contribution in [1.82, 2.24) is 0 Å². The number of hydrogen-bond acceptors (Lipinski definition) is 0. The van der Waals surface area contributed by atoms with Crippen LogP contribution in [0.4, 0.5) is 0 Å². The van der Waals surface area contributed by atoms with Crippen molar-refractivity contribution in [1.29, 1.82) is 0 Å². The van der Waals surface area contributed by atoms with Crippen molar-refractivity contribution in [3.63, 3.8) is 0 Å². The minimum atomic E-state index is 0. The number of hydrogen-bond donors (Lipinski definition) is 0. The second-order valence-electron chi connectivity index (χ2n) is 5.25. The monoisotopic (exact) mass is 327 g/mol. The number of alkyl halides is 1. The van der Waals surface area contributed by atoms with Gasteiger partial charge in [0.15, 0.2) is 0 Å².